The Morgan fingerprint density at radius 3 is 1.38 bits per heavy atom. The molecule has 0 fully saturated rings. The largest absolute Gasteiger partial charge is 0.502 e. The van der Waals surface area contributed by atoms with Crippen LogP contribution in [0, 0.1) is 20.2 Å². The summed E-state index contributed by atoms with van der Waals surface area (Å²) >= 11 is 0. The van der Waals surface area contributed by atoms with Crippen molar-refractivity contribution in [1.82, 2.24) is 0 Å². The molecule has 1 aliphatic carbocycles. The van der Waals surface area contributed by atoms with E-state index in [1.807, 2.05) is 0 Å². The van der Waals surface area contributed by atoms with Crippen molar-refractivity contribution < 1.29 is 20.1 Å². The normalized spacial score (nSPS) is 12.9. The number of nitrogens with zero attached hydrogens (tertiary/aromatic N) is 2. The Kier molecular flexibility index (Phi) is 9.51. The summed E-state index contributed by atoms with van der Waals surface area (Å²) in [5.41, 5.74) is 4.83. The second-order valence-corrected chi connectivity index (χ2v) is 12.1. The lowest BCUT2D eigenvalue weighted by Gasteiger charge is -2.34. The maximum Gasteiger partial charge on any atom is 0.311 e. The van der Waals surface area contributed by atoms with Crippen LogP contribution >= 0.6 is 0 Å². The minimum absolute atomic E-state index is 0.443. The van der Waals surface area contributed by atoms with Crippen molar-refractivity contribution in [3.05, 3.63) is 126 Å². The summed E-state index contributed by atoms with van der Waals surface area (Å²) in [5, 5.41) is 45.1. The monoisotopic (exact) mass is 608 g/mol. The van der Waals surface area contributed by atoms with Crippen molar-refractivity contribution in [2.75, 3.05) is 0 Å². The number of aromatic hydroxyl groups is 2. The number of aryl methyl sites for hydroxylation is 2. The number of hydrogen-bond donors (Lipinski definition) is 2. The predicted molar refractivity (Wildman–Crippen MR) is 176 cm³/mol. The van der Waals surface area contributed by atoms with E-state index < -0.39 is 38.1 Å². The van der Waals surface area contributed by atoms with Gasteiger partial charge in [0.15, 0.2) is 11.5 Å². The molecule has 0 saturated heterocycles. The Morgan fingerprint density at radius 2 is 1.00 bits per heavy atom. The zero-order valence-electron chi connectivity index (χ0n) is 25.9. The molecule has 1 aliphatic rings. The average molecular weight is 609 g/mol. The summed E-state index contributed by atoms with van der Waals surface area (Å²) < 4.78 is 0. The van der Waals surface area contributed by atoms with Crippen LogP contribution in [0.5, 0.6) is 11.5 Å². The third-order valence-electron chi connectivity index (χ3n) is 9.11. The van der Waals surface area contributed by atoms with E-state index >= 15 is 0 Å². The maximum absolute atomic E-state index is 12.1. The van der Waals surface area contributed by atoms with Crippen LogP contribution in [0.15, 0.2) is 72.8 Å². The van der Waals surface area contributed by atoms with Gasteiger partial charge in [-0.15, -0.1) is 0 Å². The zero-order valence-corrected chi connectivity index (χ0v) is 25.9. The van der Waals surface area contributed by atoms with Crippen molar-refractivity contribution in [2.45, 2.75) is 83.5 Å². The van der Waals surface area contributed by atoms with Gasteiger partial charge in [-0.25, -0.2) is 0 Å². The van der Waals surface area contributed by atoms with Crippen molar-refractivity contribution in [3.8, 4) is 22.6 Å². The molecule has 0 aromatic heterocycles. The van der Waals surface area contributed by atoms with Crippen molar-refractivity contribution in [3.63, 3.8) is 0 Å². The summed E-state index contributed by atoms with van der Waals surface area (Å²) in [5.74, 6) is -0.910. The van der Waals surface area contributed by atoms with Gasteiger partial charge in [-0.3, -0.25) is 20.2 Å². The molecule has 0 radical (unpaired) electrons. The third kappa shape index (κ3) is 6.01. The second-order valence-electron chi connectivity index (χ2n) is 12.1. The molecule has 2 N–H and O–H groups in total. The highest BCUT2D eigenvalue weighted by molar-refractivity contribution is 5.87. The summed E-state index contributed by atoms with van der Waals surface area (Å²) in [6.07, 6.45) is 10.5. The Morgan fingerprint density at radius 1 is 0.578 bits per heavy atom. The first-order chi connectivity index (χ1) is 21.7. The molecule has 0 aliphatic heterocycles. The molecule has 0 amide bonds. The van der Waals surface area contributed by atoms with Crippen molar-refractivity contribution in [2.24, 2.45) is 0 Å². The molecule has 4 aromatic carbocycles. The van der Waals surface area contributed by atoms with E-state index in [-0.39, 0.29) is 0 Å². The molecule has 5 rings (SSSR count). The molecule has 0 atom stereocenters. The number of rotatable bonds is 14. The summed E-state index contributed by atoms with van der Waals surface area (Å²) in [4.78, 5) is 22.9. The molecule has 0 heterocycles. The molecule has 4 aromatic rings. The van der Waals surface area contributed by atoms with Gasteiger partial charge in [0.25, 0.3) is 0 Å². The van der Waals surface area contributed by atoms with Crippen molar-refractivity contribution >= 4 is 11.4 Å². The van der Waals surface area contributed by atoms with Gasteiger partial charge >= 0.3 is 11.4 Å². The van der Waals surface area contributed by atoms with E-state index in [0.29, 0.717) is 11.1 Å². The second kappa shape index (κ2) is 13.5. The molecule has 8 heteroatoms. The average Bonchev–Trinajstić information content (AvgIpc) is 3.31. The number of phenolic OH excluding ortho intramolecular Hbond substituents is 2. The fraction of sp³-hybridized carbons (Fsp3) is 0.351. The zero-order chi connectivity index (χ0) is 32.1. The number of nitro benzene ring substituents is 2. The van der Waals surface area contributed by atoms with E-state index in [9.17, 15) is 30.4 Å². The smallest absolute Gasteiger partial charge is 0.311 e. The molecule has 0 saturated carbocycles. The topological polar surface area (TPSA) is 127 Å². The predicted octanol–water partition coefficient (Wildman–Crippen LogP) is 9.52. The first-order valence-electron chi connectivity index (χ1n) is 15.9. The van der Waals surface area contributed by atoms with E-state index in [1.54, 1.807) is 12.1 Å². The number of phenols is 2. The summed E-state index contributed by atoms with van der Waals surface area (Å²) in [7, 11) is 0. The molecule has 0 bridgehead atoms. The van der Waals surface area contributed by atoms with Gasteiger partial charge in [0, 0.05) is 12.1 Å². The van der Waals surface area contributed by atoms with Gasteiger partial charge in [0.2, 0.25) is 0 Å². The van der Waals surface area contributed by atoms with Gasteiger partial charge in [0.05, 0.1) is 15.3 Å². The summed E-state index contributed by atoms with van der Waals surface area (Å²) in [6.45, 7) is 4.35. The molecular weight excluding hydrogens is 568 g/mol. The molecule has 0 spiro atoms. The first kappa shape index (κ1) is 31.7. The number of fused-ring (bicyclic) bond motifs is 3. The first-order valence-corrected chi connectivity index (χ1v) is 15.9. The van der Waals surface area contributed by atoms with Gasteiger partial charge in [-0.05, 0) is 82.3 Å². The maximum atomic E-state index is 12.1. The number of unbranched alkanes of at least 4 members (excludes halogenated alkanes) is 6. The Labute approximate surface area is 263 Å². The fourth-order valence-electron chi connectivity index (χ4n) is 6.84. The lowest BCUT2D eigenvalue weighted by molar-refractivity contribution is -0.386. The van der Waals surface area contributed by atoms with E-state index in [4.69, 9.17) is 0 Å². The molecule has 45 heavy (non-hydrogen) atoms. The van der Waals surface area contributed by atoms with Crippen LogP contribution in [0.2, 0.25) is 0 Å². The third-order valence-corrected chi connectivity index (χ3v) is 9.11. The molecule has 0 unspecified atom stereocenters. The van der Waals surface area contributed by atoms with Gasteiger partial charge < -0.3 is 10.2 Å². The summed E-state index contributed by atoms with van der Waals surface area (Å²) in [6, 6.07) is 21.5. The Balaban J connectivity index is 1.83. The van der Waals surface area contributed by atoms with E-state index in [2.05, 4.69) is 50.2 Å². The van der Waals surface area contributed by atoms with Crippen LogP contribution < -0.4 is 0 Å². The minimum atomic E-state index is -1.18. The lowest BCUT2D eigenvalue weighted by Crippen LogP contribution is -2.29. The molecule has 234 valence electrons. The minimum Gasteiger partial charge on any atom is -0.502 e. The van der Waals surface area contributed by atoms with E-state index in [0.717, 1.165) is 97.6 Å². The Hall–Kier alpha value is -4.72. The highest BCUT2D eigenvalue weighted by Gasteiger charge is 2.48. The van der Waals surface area contributed by atoms with Gasteiger partial charge in [0.1, 0.15) is 0 Å². The number of benzene rings is 4. The van der Waals surface area contributed by atoms with E-state index in [1.165, 1.54) is 24.3 Å². The molecular formula is C37H40N2O6. The Bertz CT molecular complexity index is 1600. The van der Waals surface area contributed by atoms with Crippen LogP contribution in [0.25, 0.3) is 11.1 Å². The van der Waals surface area contributed by atoms with Gasteiger partial charge in [-0.2, -0.15) is 0 Å². The quantitative estimate of drug-likeness (QED) is 0.0734. The molecule has 8 nitrogen and oxygen atoms in total. The van der Waals surface area contributed by atoms with Crippen molar-refractivity contribution in [1.29, 1.82) is 0 Å². The lowest BCUT2D eigenvalue weighted by atomic mass is 9.67. The van der Waals surface area contributed by atoms with Crippen LogP contribution in [0.4, 0.5) is 11.4 Å². The standard InChI is InChI=1S/C37H40N2O6/c1-3-5-7-9-11-25-13-17-29-30-18-14-26(12-10-8-6-4-2)22-32(30)37(31(29)21-25,27-15-19-35(40)33(23-27)38(42)43)28-16-20-36(41)34(24-28)39(44)45/h13-24,40-41H,3-12H2,1-2H3. The number of hydrogen-bond acceptors (Lipinski definition) is 6. The number of nitro groups is 2. The van der Waals surface area contributed by atoms with Crippen LogP contribution in [-0.4, -0.2) is 20.1 Å². The van der Waals surface area contributed by atoms with Crippen LogP contribution in [0.1, 0.15) is 98.6 Å². The highest BCUT2D eigenvalue weighted by Crippen LogP contribution is 2.58. The van der Waals surface area contributed by atoms with Gasteiger partial charge in [-0.1, -0.05) is 101 Å². The highest BCUT2D eigenvalue weighted by atomic mass is 16.6. The van der Waals surface area contributed by atoms with Crippen LogP contribution in [-0.2, 0) is 18.3 Å². The van der Waals surface area contributed by atoms with Crippen LogP contribution in [0.3, 0.4) is 0 Å². The fourth-order valence-corrected chi connectivity index (χ4v) is 6.84. The SMILES string of the molecule is CCCCCCc1ccc2c(c1)C(c1ccc(O)c([N+](=O)[O-])c1)(c1ccc(O)c([N+](=O)[O-])c1)c1cc(CCCCCC)ccc1-2.